The van der Waals surface area contributed by atoms with E-state index in [1.165, 1.54) is 32.8 Å². The second-order valence-electron chi connectivity index (χ2n) is 4.22. The van der Waals surface area contributed by atoms with Crippen LogP contribution in [0.2, 0.25) is 0 Å². The smallest absolute Gasteiger partial charge is 0.305 e. The molecular weight excluding hydrogens is 152 g/mol. The summed E-state index contributed by atoms with van der Waals surface area (Å²) in [5, 5.41) is 0. The molecule has 2 bridgehead atoms. The summed E-state index contributed by atoms with van der Waals surface area (Å²) in [7, 11) is 1.48. The van der Waals surface area contributed by atoms with Gasteiger partial charge in [-0.2, -0.15) is 0 Å². The Labute approximate surface area is 73.3 Å². The van der Waals surface area contributed by atoms with Gasteiger partial charge in [0.25, 0.3) is 0 Å². The first-order chi connectivity index (χ1) is 5.79. The highest BCUT2D eigenvalue weighted by molar-refractivity contribution is 5.69. The largest absolute Gasteiger partial charge is 0.469 e. The first-order valence-electron chi connectivity index (χ1n) is 4.86. The van der Waals surface area contributed by atoms with E-state index >= 15 is 0 Å². The number of esters is 1. The Kier molecular flexibility index (Phi) is 2.07. The van der Waals surface area contributed by atoms with Gasteiger partial charge in [0.15, 0.2) is 0 Å². The molecule has 12 heavy (non-hydrogen) atoms. The number of carbonyl (C=O) groups is 1. The highest BCUT2D eigenvalue weighted by Gasteiger charge is 2.40. The Morgan fingerprint density at radius 2 is 2.25 bits per heavy atom. The topological polar surface area (TPSA) is 26.3 Å². The molecule has 0 saturated heterocycles. The highest BCUT2D eigenvalue weighted by atomic mass is 16.5. The molecule has 3 atom stereocenters. The zero-order chi connectivity index (χ0) is 8.55. The van der Waals surface area contributed by atoms with Crippen LogP contribution in [0.3, 0.4) is 0 Å². The second kappa shape index (κ2) is 3.08. The Morgan fingerprint density at radius 1 is 1.42 bits per heavy atom. The molecule has 2 aliphatic carbocycles. The summed E-state index contributed by atoms with van der Waals surface area (Å²) in [6, 6.07) is 0. The lowest BCUT2D eigenvalue weighted by Crippen LogP contribution is -2.15. The van der Waals surface area contributed by atoms with Crippen LogP contribution in [0.5, 0.6) is 0 Å². The van der Waals surface area contributed by atoms with Crippen molar-refractivity contribution in [2.24, 2.45) is 17.8 Å². The molecule has 0 aromatic heterocycles. The predicted octanol–water partition coefficient (Wildman–Crippen LogP) is 1.99. The SMILES string of the molecule is COC(=O)C[C@@H]1C[C@H]2CC[C@@H]1C2. The Morgan fingerprint density at radius 3 is 2.75 bits per heavy atom. The van der Waals surface area contributed by atoms with Crippen LogP contribution < -0.4 is 0 Å². The summed E-state index contributed by atoms with van der Waals surface area (Å²) in [5.74, 6) is 2.41. The minimum atomic E-state index is -0.0208. The average Bonchev–Trinajstić information content (AvgIpc) is 2.64. The van der Waals surface area contributed by atoms with Crippen molar-refractivity contribution in [2.75, 3.05) is 7.11 Å². The van der Waals surface area contributed by atoms with Gasteiger partial charge in [0, 0.05) is 6.42 Å². The van der Waals surface area contributed by atoms with E-state index in [0.29, 0.717) is 12.3 Å². The third kappa shape index (κ3) is 1.35. The fourth-order valence-corrected chi connectivity index (χ4v) is 2.92. The number of hydrogen-bond donors (Lipinski definition) is 0. The van der Waals surface area contributed by atoms with Crippen molar-refractivity contribution in [2.45, 2.75) is 32.1 Å². The van der Waals surface area contributed by atoms with Gasteiger partial charge in [0.2, 0.25) is 0 Å². The third-order valence-corrected chi connectivity index (χ3v) is 3.54. The van der Waals surface area contributed by atoms with Crippen LogP contribution in [0.25, 0.3) is 0 Å². The molecule has 0 radical (unpaired) electrons. The van der Waals surface area contributed by atoms with Crippen molar-refractivity contribution in [3.8, 4) is 0 Å². The number of carbonyl (C=O) groups excluding carboxylic acids is 1. The van der Waals surface area contributed by atoms with Gasteiger partial charge in [-0.3, -0.25) is 4.79 Å². The Hall–Kier alpha value is -0.530. The van der Waals surface area contributed by atoms with E-state index in [9.17, 15) is 4.79 Å². The van der Waals surface area contributed by atoms with E-state index in [1.54, 1.807) is 0 Å². The molecule has 2 saturated carbocycles. The Balaban J connectivity index is 1.86. The van der Waals surface area contributed by atoms with Crippen LogP contribution in [0.4, 0.5) is 0 Å². The van der Waals surface area contributed by atoms with Gasteiger partial charge >= 0.3 is 5.97 Å². The standard InChI is InChI=1S/C10H16O2/c1-12-10(11)6-9-5-7-2-3-8(9)4-7/h7-9H,2-6H2,1H3/t7-,8+,9-/m0/s1. The van der Waals surface area contributed by atoms with Gasteiger partial charge in [0.05, 0.1) is 7.11 Å². The number of ether oxygens (including phenoxy) is 1. The quantitative estimate of drug-likeness (QED) is 0.589. The van der Waals surface area contributed by atoms with E-state index in [0.717, 1.165) is 11.8 Å². The average molecular weight is 168 g/mol. The molecule has 0 unspecified atom stereocenters. The zero-order valence-electron chi connectivity index (χ0n) is 7.58. The summed E-state index contributed by atoms with van der Waals surface area (Å²) < 4.78 is 4.68. The number of rotatable bonds is 2. The maximum Gasteiger partial charge on any atom is 0.305 e. The molecule has 0 aliphatic heterocycles. The van der Waals surface area contributed by atoms with Crippen molar-refractivity contribution >= 4 is 5.97 Å². The normalized spacial score (nSPS) is 38.6. The van der Waals surface area contributed by atoms with Gasteiger partial charge in [-0.1, -0.05) is 6.42 Å². The van der Waals surface area contributed by atoms with Gasteiger partial charge < -0.3 is 4.74 Å². The van der Waals surface area contributed by atoms with Gasteiger partial charge in [-0.25, -0.2) is 0 Å². The molecule has 0 aromatic carbocycles. The summed E-state index contributed by atoms with van der Waals surface area (Å²) in [5.41, 5.74) is 0. The molecule has 2 heteroatoms. The molecular formula is C10H16O2. The molecule has 2 nitrogen and oxygen atoms in total. The van der Waals surface area contributed by atoms with E-state index in [2.05, 4.69) is 4.74 Å². The van der Waals surface area contributed by atoms with Crippen LogP contribution in [-0.4, -0.2) is 13.1 Å². The zero-order valence-corrected chi connectivity index (χ0v) is 7.58. The third-order valence-electron chi connectivity index (χ3n) is 3.54. The molecule has 0 spiro atoms. The molecule has 68 valence electrons. The summed E-state index contributed by atoms with van der Waals surface area (Å²) in [6.45, 7) is 0. The lowest BCUT2D eigenvalue weighted by Gasteiger charge is -2.19. The summed E-state index contributed by atoms with van der Waals surface area (Å²) in [6.07, 6.45) is 6.08. The molecule has 0 aromatic rings. The molecule has 2 fully saturated rings. The van der Waals surface area contributed by atoms with Crippen LogP contribution in [0, 0.1) is 17.8 Å². The Bertz CT molecular complexity index is 188. The van der Waals surface area contributed by atoms with E-state index < -0.39 is 0 Å². The van der Waals surface area contributed by atoms with Crippen LogP contribution in [0.15, 0.2) is 0 Å². The highest BCUT2D eigenvalue weighted by Crippen LogP contribution is 2.49. The second-order valence-corrected chi connectivity index (χ2v) is 4.22. The molecule has 0 heterocycles. The van der Waals surface area contributed by atoms with Crippen molar-refractivity contribution in [1.82, 2.24) is 0 Å². The predicted molar refractivity (Wildman–Crippen MR) is 45.6 cm³/mol. The summed E-state index contributed by atoms with van der Waals surface area (Å²) in [4.78, 5) is 11.0. The van der Waals surface area contributed by atoms with Crippen LogP contribution in [0.1, 0.15) is 32.1 Å². The molecule has 0 N–H and O–H groups in total. The van der Waals surface area contributed by atoms with Crippen LogP contribution in [-0.2, 0) is 9.53 Å². The number of methoxy groups -OCH3 is 1. The fourth-order valence-electron chi connectivity index (χ4n) is 2.92. The van der Waals surface area contributed by atoms with Gasteiger partial charge in [-0.05, 0) is 37.0 Å². The van der Waals surface area contributed by atoms with Crippen molar-refractivity contribution in [3.63, 3.8) is 0 Å². The van der Waals surface area contributed by atoms with Crippen LogP contribution >= 0.6 is 0 Å². The van der Waals surface area contributed by atoms with E-state index in [1.807, 2.05) is 0 Å². The molecule has 2 rings (SSSR count). The number of hydrogen-bond acceptors (Lipinski definition) is 2. The lowest BCUT2D eigenvalue weighted by molar-refractivity contribution is -0.142. The minimum absolute atomic E-state index is 0.0208. The van der Waals surface area contributed by atoms with Gasteiger partial charge in [-0.15, -0.1) is 0 Å². The van der Waals surface area contributed by atoms with Crippen molar-refractivity contribution in [3.05, 3.63) is 0 Å². The molecule has 0 amide bonds. The number of fused-ring (bicyclic) bond motifs is 2. The minimum Gasteiger partial charge on any atom is -0.469 e. The fraction of sp³-hybridized carbons (Fsp3) is 0.900. The van der Waals surface area contributed by atoms with E-state index in [-0.39, 0.29) is 5.97 Å². The van der Waals surface area contributed by atoms with Crippen molar-refractivity contribution in [1.29, 1.82) is 0 Å². The van der Waals surface area contributed by atoms with Gasteiger partial charge in [0.1, 0.15) is 0 Å². The first-order valence-corrected chi connectivity index (χ1v) is 4.86. The molecule has 2 aliphatic rings. The maximum atomic E-state index is 11.0. The van der Waals surface area contributed by atoms with E-state index in [4.69, 9.17) is 0 Å². The first kappa shape index (κ1) is 8.09. The maximum absolute atomic E-state index is 11.0. The lowest BCUT2D eigenvalue weighted by atomic mass is 9.86. The monoisotopic (exact) mass is 168 g/mol. The van der Waals surface area contributed by atoms with Crippen molar-refractivity contribution < 1.29 is 9.53 Å². The summed E-state index contributed by atoms with van der Waals surface area (Å²) >= 11 is 0.